The van der Waals surface area contributed by atoms with E-state index in [1.807, 2.05) is 67.6 Å². The number of hydrogen-bond acceptors (Lipinski definition) is 3. The predicted molar refractivity (Wildman–Crippen MR) is 98.1 cm³/mol. The first-order valence-corrected chi connectivity index (χ1v) is 8.68. The molecular formula is C21H27NO2. The molecule has 0 aromatic heterocycles. The summed E-state index contributed by atoms with van der Waals surface area (Å²) in [5.74, 6) is -0.571. The molecule has 0 aliphatic rings. The van der Waals surface area contributed by atoms with Crippen LogP contribution in [0, 0.1) is 0 Å². The molecule has 2 rings (SSSR count). The number of rotatable bonds is 8. The Morgan fingerprint density at radius 2 is 1.38 bits per heavy atom. The molecule has 0 fully saturated rings. The second kappa shape index (κ2) is 9.24. The van der Waals surface area contributed by atoms with Crippen LogP contribution < -0.4 is 0 Å². The number of nitrogens with zero attached hydrogens (tertiary/aromatic N) is 1. The molecule has 1 atom stereocenters. The van der Waals surface area contributed by atoms with Crippen molar-refractivity contribution < 1.29 is 9.53 Å². The van der Waals surface area contributed by atoms with Crippen molar-refractivity contribution in [3.63, 3.8) is 0 Å². The van der Waals surface area contributed by atoms with Crippen LogP contribution in [0.1, 0.15) is 37.8 Å². The zero-order valence-corrected chi connectivity index (χ0v) is 14.8. The Kier molecular flexibility index (Phi) is 7.01. The molecule has 3 heteroatoms. The highest BCUT2D eigenvalue weighted by atomic mass is 16.5. The molecule has 0 amide bonds. The molecule has 2 aromatic rings. The van der Waals surface area contributed by atoms with Crippen LogP contribution in [0.4, 0.5) is 0 Å². The van der Waals surface area contributed by atoms with E-state index in [0.717, 1.165) is 30.8 Å². The van der Waals surface area contributed by atoms with Crippen LogP contribution in [0.5, 0.6) is 0 Å². The summed E-state index contributed by atoms with van der Waals surface area (Å²) in [6, 6.07) is 19.7. The van der Waals surface area contributed by atoms with E-state index >= 15 is 0 Å². The van der Waals surface area contributed by atoms with E-state index in [4.69, 9.17) is 4.74 Å². The number of ether oxygens (including phenoxy) is 1. The van der Waals surface area contributed by atoms with Crippen LogP contribution in [0.15, 0.2) is 60.7 Å². The van der Waals surface area contributed by atoms with Gasteiger partial charge in [0.1, 0.15) is 12.0 Å². The smallest absolute Gasteiger partial charge is 0.318 e. The van der Waals surface area contributed by atoms with Gasteiger partial charge in [0.15, 0.2) is 0 Å². The molecular weight excluding hydrogens is 298 g/mol. The first-order chi connectivity index (χ1) is 11.7. The van der Waals surface area contributed by atoms with Gasteiger partial charge in [-0.05, 0) is 31.1 Å². The Hall–Kier alpha value is -2.13. The fourth-order valence-electron chi connectivity index (χ4n) is 2.90. The number of carbonyl (C=O) groups is 1. The quantitative estimate of drug-likeness (QED) is 0.685. The maximum absolute atomic E-state index is 12.9. The van der Waals surface area contributed by atoms with E-state index in [1.165, 1.54) is 0 Å². The average Bonchev–Trinajstić information content (AvgIpc) is 2.61. The van der Waals surface area contributed by atoms with Crippen LogP contribution in [-0.2, 0) is 9.53 Å². The van der Waals surface area contributed by atoms with Gasteiger partial charge in [0.05, 0.1) is 0 Å². The number of benzene rings is 2. The van der Waals surface area contributed by atoms with Crippen LogP contribution in [-0.4, -0.2) is 36.6 Å². The third-order valence-corrected chi connectivity index (χ3v) is 4.23. The van der Waals surface area contributed by atoms with E-state index in [-0.39, 0.29) is 18.0 Å². The molecule has 0 aliphatic heterocycles. The molecule has 0 spiro atoms. The van der Waals surface area contributed by atoms with Crippen LogP contribution in [0.2, 0.25) is 0 Å². The first kappa shape index (κ1) is 18.2. The maximum atomic E-state index is 12.9. The molecule has 0 radical (unpaired) electrons. The van der Waals surface area contributed by atoms with Crippen molar-refractivity contribution in [3.05, 3.63) is 71.8 Å². The summed E-state index contributed by atoms with van der Waals surface area (Å²) in [5.41, 5.74) is 1.92. The van der Waals surface area contributed by atoms with Gasteiger partial charge in [-0.3, -0.25) is 4.79 Å². The molecule has 2 aromatic carbocycles. The molecule has 0 aliphatic carbocycles. The van der Waals surface area contributed by atoms with Gasteiger partial charge in [0.25, 0.3) is 0 Å². The topological polar surface area (TPSA) is 29.5 Å². The molecule has 3 nitrogen and oxygen atoms in total. The van der Waals surface area contributed by atoms with Gasteiger partial charge in [0, 0.05) is 6.54 Å². The number of esters is 1. The summed E-state index contributed by atoms with van der Waals surface area (Å²) in [7, 11) is 0. The van der Waals surface area contributed by atoms with Crippen molar-refractivity contribution in [1.82, 2.24) is 4.90 Å². The summed E-state index contributed by atoms with van der Waals surface area (Å²) in [6.07, 6.45) is -0.132. The second-order valence-corrected chi connectivity index (χ2v) is 5.99. The average molecular weight is 325 g/mol. The van der Waals surface area contributed by atoms with Crippen molar-refractivity contribution in [2.24, 2.45) is 0 Å². The van der Waals surface area contributed by atoms with E-state index in [9.17, 15) is 4.79 Å². The lowest BCUT2D eigenvalue weighted by Crippen LogP contribution is -2.34. The van der Waals surface area contributed by atoms with E-state index in [2.05, 4.69) is 18.7 Å². The Bertz CT molecular complexity index is 569. The Balaban J connectivity index is 2.17. The van der Waals surface area contributed by atoms with Crippen LogP contribution in [0.25, 0.3) is 0 Å². The van der Waals surface area contributed by atoms with Gasteiger partial charge in [-0.25, -0.2) is 0 Å². The van der Waals surface area contributed by atoms with Crippen molar-refractivity contribution in [1.29, 1.82) is 0 Å². The highest BCUT2D eigenvalue weighted by molar-refractivity contribution is 5.82. The van der Waals surface area contributed by atoms with Crippen molar-refractivity contribution in [2.45, 2.75) is 32.8 Å². The Labute approximate surface area is 145 Å². The normalized spacial score (nSPS) is 12.4. The SMILES string of the molecule is CCN(CC)CC(C)OC(=O)C(c1ccccc1)c1ccccc1. The maximum Gasteiger partial charge on any atom is 0.318 e. The number of carbonyl (C=O) groups excluding carboxylic acids is 1. The summed E-state index contributed by atoms with van der Waals surface area (Å²) >= 11 is 0. The van der Waals surface area contributed by atoms with Gasteiger partial charge < -0.3 is 9.64 Å². The van der Waals surface area contributed by atoms with E-state index < -0.39 is 0 Å². The minimum Gasteiger partial charge on any atom is -0.461 e. The standard InChI is InChI=1S/C21H27NO2/c1-4-22(5-2)16-17(3)24-21(23)20(18-12-8-6-9-13-18)19-14-10-7-11-15-19/h6-15,17,20H,4-5,16H2,1-3H3. The molecule has 0 N–H and O–H groups in total. The Morgan fingerprint density at radius 1 is 0.917 bits per heavy atom. The molecule has 0 saturated heterocycles. The van der Waals surface area contributed by atoms with Gasteiger partial charge in [-0.2, -0.15) is 0 Å². The lowest BCUT2D eigenvalue weighted by atomic mass is 9.91. The fourth-order valence-corrected chi connectivity index (χ4v) is 2.90. The first-order valence-electron chi connectivity index (χ1n) is 8.68. The summed E-state index contributed by atoms with van der Waals surface area (Å²) in [6.45, 7) is 8.88. The van der Waals surface area contributed by atoms with Gasteiger partial charge >= 0.3 is 5.97 Å². The summed E-state index contributed by atoms with van der Waals surface area (Å²) < 4.78 is 5.77. The van der Waals surface area contributed by atoms with Crippen molar-refractivity contribution in [2.75, 3.05) is 19.6 Å². The van der Waals surface area contributed by atoms with E-state index in [1.54, 1.807) is 0 Å². The summed E-state index contributed by atoms with van der Waals surface area (Å²) in [4.78, 5) is 15.1. The van der Waals surface area contributed by atoms with Gasteiger partial charge in [-0.15, -0.1) is 0 Å². The number of likely N-dealkylation sites (N-methyl/N-ethyl adjacent to an activating group) is 1. The summed E-state index contributed by atoms with van der Waals surface area (Å²) in [5, 5.41) is 0. The molecule has 0 saturated carbocycles. The van der Waals surface area contributed by atoms with Crippen LogP contribution >= 0.6 is 0 Å². The van der Waals surface area contributed by atoms with E-state index in [0.29, 0.717) is 0 Å². The third-order valence-electron chi connectivity index (χ3n) is 4.23. The molecule has 0 bridgehead atoms. The van der Waals surface area contributed by atoms with Crippen molar-refractivity contribution in [3.8, 4) is 0 Å². The fraction of sp³-hybridized carbons (Fsp3) is 0.381. The largest absolute Gasteiger partial charge is 0.461 e. The molecule has 128 valence electrons. The third kappa shape index (κ3) is 4.93. The lowest BCUT2D eigenvalue weighted by molar-refractivity contribution is -0.149. The second-order valence-electron chi connectivity index (χ2n) is 5.99. The monoisotopic (exact) mass is 325 g/mol. The minimum atomic E-state index is -0.383. The number of hydrogen-bond donors (Lipinski definition) is 0. The molecule has 0 heterocycles. The zero-order valence-electron chi connectivity index (χ0n) is 14.8. The Morgan fingerprint density at radius 3 is 1.79 bits per heavy atom. The predicted octanol–water partition coefficient (Wildman–Crippen LogP) is 4.09. The molecule has 1 unspecified atom stereocenters. The van der Waals surface area contributed by atoms with Gasteiger partial charge in [-0.1, -0.05) is 74.5 Å². The van der Waals surface area contributed by atoms with Gasteiger partial charge in [0.2, 0.25) is 0 Å². The highest BCUT2D eigenvalue weighted by Gasteiger charge is 2.26. The van der Waals surface area contributed by atoms with Crippen molar-refractivity contribution >= 4 is 5.97 Å². The van der Waals surface area contributed by atoms with Crippen LogP contribution in [0.3, 0.4) is 0 Å². The zero-order chi connectivity index (χ0) is 17.4. The molecule has 24 heavy (non-hydrogen) atoms. The minimum absolute atomic E-state index is 0.132. The highest BCUT2D eigenvalue weighted by Crippen LogP contribution is 2.26. The lowest BCUT2D eigenvalue weighted by Gasteiger charge is -2.25.